The number of ether oxygens (including phenoxy) is 1. The van der Waals surface area contributed by atoms with Crippen LogP contribution in [0.15, 0.2) is 24.3 Å². The van der Waals surface area contributed by atoms with Crippen LogP contribution < -0.4 is 10.5 Å². The Morgan fingerprint density at radius 2 is 2.10 bits per heavy atom. The van der Waals surface area contributed by atoms with Gasteiger partial charge in [-0.25, -0.2) is 4.98 Å². The number of nitrogen functional groups attached to an aromatic ring is 1. The van der Waals surface area contributed by atoms with Crippen molar-refractivity contribution in [2.45, 2.75) is 44.6 Å². The van der Waals surface area contributed by atoms with E-state index < -0.39 is 0 Å². The second-order valence-electron chi connectivity index (χ2n) is 6.04. The van der Waals surface area contributed by atoms with Gasteiger partial charge in [-0.15, -0.1) is 0 Å². The number of nitrogens with zero attached hydrogens (tertiary/aromatic N) is 2. The van der Waals surface area contributed by atoms with Gasteiger partial charge in [-0.3, -0.25) is 0 Å². The van der Waals surface area contributed by atoms with Crippen LogP contribution in [0, 0.1) is 0 Å². The third-order valence-electron chi connectivity index (χ3n) is 4.25. The van der Waals surface area contributed by atoms with Crippen molar-refractivity contribution in [2.24, 2.45) is 0 Å². The van der Waals surface area contributed by atoms with Crippen molar-refractivity contribution in [3.63, 3.8) is 0 Å². The highest BCUT2D eigenvalue weighted by Crippen LogP contribution is 2.48. The van der Waals surface area contributed by atoms with Crippen LogP contribution in [0.2, 0.25) is 0 Å². The van der Waals surface area contributed by atoms with E-state index in [1.54, 1.807) is 0 Å². The molecule has 2 aliphatic carbocycles. The average molecular weight is 283 g/mol. The molecule has 1 aromatic carbocycles. The topological polar surface area (TPSA) is 53.1 Å². The standard InChI is InChI=1S/C17H21N3O/c1-2-21-14-5-3-4-12(10-14)15-16(18)20(13-8-9-13)17(19-15)11-6-7-11/h3-5,10-11,13H,2,6-9,18H2,1H3. The highest BCUT2D eigenvalue weighted by Gasteiger charge is 2.36. The third kappa shape index (κ3) is 2.28. The molecule has 4 rings (SSSR count). The van der Waals surface area contributed by atoms with E-state index in [1.165, 1.54) is 31.5 Å². The minimum absolute atomic E-state index is 0.580. The molecule has 0 saturated heterocycles. The Labute approximate surface area is 124 Å². The van der Waals surface area contributed by atoms with Gasteiger partial charge in [-0.2, -0.15) is 0 Å². The zero-order valence-electron chi connectivity index (χ0n) is 12.4. The van der Waals surface area contributed by atoms with Crippen LogP contribution in [0.25, 0.3) is 11.3 Å². The van der Waals surface area contributed by atoms with Gasteiger partial charge in [0.25, 0.3) is 0 Å². The highest BCUT2D eigenvalue weighted by atomic mass is 16.5. The first kappa shape index (κ1) is 12.7. The van der Waals surface area contributed by atoms with Gasteiger partial charge in [0.1, 0.15) is 23.1 Å². The van der Waals surface area contributed by atoms with Crippen molar-refractivity contribution in [3.05, 3.63) is 30.1 Å². The summed E-state index contributed by atoms with van der Waals surface area (Å²) in [4.78, 5) is 4.89. The van der Waals surface area contributed by atoms with E-state index >= 15 is 0 Å². The van der Waals surface area contributed by atoms with Crippen LogP contribution in [0.3, 0.4) is 0 Å². The predicted molar refractivity (Wildman–Crippen MR) is 83.5 cm³/mol. The smallest absolute Gasteiger partial charge is 0.132 e. The number of imidazole rings is 1. The van der Waals surface area contributed by atoms with E-state index in [-0.39, 0.29) is 0 Å². The molecule has 2 N–H and O–H groups in total. The predicted octanol–water partition coefficient (Wildman–Crippen LogP) is 3.74. The lowest BCUT2D eigenvalue weighted by Crippen LogP contribution is -2.04. The van der Waals surface area contributed by atoms with Gasteiger partial charge < -0.3 is 15.0 Å². The van der Waals surface area contributed by atoms with Gasteiger partial charge in [-0.1, -0.05) is 12.1 Å². The number of rotatable bonds is 5. The maximum atomic E-state index is 6.43. The quantitative estimate of drug-likeness (QED) is 0.909. The molecule has 110 valence electrons. The van der Waals surface area contributed by atoms with E-state index in [0.717, 1.165) is 22.8 Å². The maximum absolute atomic E-state index is 6.43. The molecule has 4 nitrogen and oxygen atoms in total. The fraction of sp³-hybridized carbons (Fsp3) is 0.471. The van der Waals surface area contributed by atoms with Gasteiger partial charge in [0.2, 0.25) is 0 Å². The van der Waals surface area contributed by atoms with E-state index in [9.17, 15) is 0 Å². The number of anilines is 1. The number of nitrogens with two attached hydrogens (primary N) is 1. The molecule has 4 heteroatoms. The molecule has 21 heavy (non-hydrogen) atoms. The summed E-state index contributed by atoms with van der Waals surface area (Å²) in [6.45, 7) is 2.66. The second-order valence-corrected chi connectivity index (χ2v) is 6.04. The van der Waals surface area contributed by atoms with Gasteiger partial charge in [-0.05, 0) is 44.7 Å². The summed E-state index contributed by atoms with van der Waals surface area (Å²) in [6.07, 6.45) is 4.97. The Bertz CT molecular complexity index is 669. The molecule has 2 saturated carbocycles. The Kier molecular flexibility index (Phi) is 2.91. The van der Waals surface area contributed by atoms with E-state index in [4.69, 9.17) is 15.5 Å². The third-order valence-corrected chi connectivity index (χ3v) is 4.25. The summed E-state index contributed by atoms with van der Waals surface area (Å²) in [5.41, 5.74) is 8.40. The number of hydrogen-bond acceptors (Lipinski definition) is 3. The molecule has 0 amide bonds. The van der Waals surface area contributed by atoms with Crippen LogP contribution in [0.1, 0.15) is 50.4 Å². The van der Waals surface area contributed by atoms with Gasteiger partial charge in [0.15, 0.2) is 0 Å². The summed E-state index contributed by atoms with van der Waals surface area (Å²) < 4.78 is 7.88. The summed E-state index contributed by atoms with van der Waals surface area (Å²) >= 11 is 0. The van der Waals surface area contributed by atoms with E-state index in [1.807, 2.05) is 25.1 Å². The zero-order valence-corrected chi connectivity index (χ0v) is 12.4. The molecule has 2 aliphatic rings. The molecule has 0 unspecified atom stereocenters. The van der Waals surface area contributed by atoms with E-state index in [2.05, 4.69) is 10.6 Å². The second kappa shape index (κ2) is 4.79. The lowest BCUT2D eigenvalue weighted by atomic mass is 10.1. The fourth-order valence-corrected chi connectivity index (χ4v) is 2.92. The first-order valence-electron chi connectivity index (χ1n) is 7.88. The number of aromatic nitrogens is 2. The fourth-order valence-electron chi connectivity index (χ4n) is 2.92. The number of hydrogen-bond donors (Lipinski definition) is 1. The molecule has 0 atom stereocenters. The molecule has 0 radical (unpaired) electrons. The lowest BCUT2D eigenvalue weighted by molar-refractivity contribution is 0.340. The maximum Gasteiger partial charge on any atom is 0.132 e. The van der Waals surface area contributed by atoms with Gasteiger partial charge in [0.05, 0.1) is 6.61 Å². The first-order valence-corrected chi connectivity index (χ1v) is 7.88. The molecule has 1 aromatic heterocycles. The average Bonchev–Trinajstić information content (AvgIpc) is 3.38. The normalized spacial score (nSPS) is 18.0. The molecule has 2 aromatic rings. The van der Waals surface area contributed by atoms with Crippen molar-refractivity contribution >= 4 is 5.82 Å². The highest BCUT2D eigenvalue weighted by molar-refractivity contribution is 5.72. The molecule has 0 spiro atoms. The molecule has 2 fully saturated rings. The van der Waals surface area contributed by atoms with Gasteiger partial charge in [0, 0.05) is 17.5 Å². The van der Waals surface area contributed by atoms with Gasteiger partial charge >= 0.3 is 0 Å². The summed E-state index contributed by atoms with van der Waals surface area (Å²) in [5, 5.41) is 0. The molecular formula is C17H21N3O. The van der Waals surface area contributed by atoms with Crippen LogP contribution in [-0.2, 0) is 0 Å². The molecule has 1 heterocycles. The Balaban J connectivity index is 1.77. The van der Waals surface area contributed by atoms with Crippen LogP contribution >= 0.6 is 0 Å². The summed E-state index contributed by atoms with van der Waals surface area (Å²) in [5.74, 6) is 3.53. The van der Waals surface area contributed by atoms with Crippen molar-refractivity contribution < 1.29 is 4.74 Å². The molecular weight excluding hydrogens is 262 g/mol. The first-order chi connectivity index (χ1) is 10.3. The van der Waals surface area contributed by atoms with Crippen LogP contribution in [0.5, 0.6) is 5.75 Å². The zero-order chi connectivity index (χ0) is 14.4. The van der Waals surface area contributed by atoms with Crippen molar-refractivity contribution in [1.82, 2.24) is 9.55 Å². The Morgan fingerprint density at radius 1 is 1.29 bits per heavy atom. The van der Waals surface area contributed by atoms with Crippen molar-refractivity contribution in [2.75, 3.05) is 12.3 Å². The summed E-state index contributed by atoms with van der Waals surface area (Å²) in [6, 6.07) is 8.66. The lowest BCUT2D eigenvalue weighted by Gasteiger charge is -2.07. The Morgan fingerprint density at radius 3 is 2.76 bits per heavy atom. The Hall–Kier alpha value is -1.97. The van der Waals surface area contributed by atoms with Crippen LogP contribution in [0.4, 0.5) is 5.82 Å². The monoisotopic (exact) mass is 283 g/mol. The van der Waals surface area contributed by atoms with Crippen molar-refractivity contribution in [3.8, 4) is 17.0 Å². The number of benzene rings is 1. The van der Waals surface area contributed by atoms with Crippen molar-refractivity contribution in [1.29, 1.82) is 0 Å². The molecule has 0 aliphatic heterocycles. The molecule has 0 bridgehead atoms. The minimum atomic E-state index is 0.580. The minimum Gasteiger partial charge on any atom is -0.494 e. The van der Waals surface area contributed by atoms with Crippen LogP contribution in [-0.4, -0.2) is 16.2 Å². The largest absolute Gasteiger partial charge is 0.494 e. The summed E-state index contributed by atoms with van der Waals surface area (Å²) in [7, 11) is 0. The van der Waals surface area contributed by atoms with E-state index in [0.29, 0.717) is 18.6 Å². The SMILES string of the molecule is CCOc1cccc(-c2nc(C3CC3)n(C3CC3)c2N)c1.